The van der Waals surface area contributed by atoms with Gasteiger partial charge >= 0.3 is 0 Å². The average molecular weight is 284 g/mol. The molecule has 0 radical (unpaired) electrons. The second-order valence-corrected chi connectivity index (χ2v) is 4.97. The Bertz CT molecular complexity index is 502. The van der Waals surface area contributed by atoms with Crippen LogP contribution < -0.4 is 5.32 Å². The average Bonchev–Trinajstić information content (AvgIpc) is 2.77. The Hall–Kier alpha value is -0.960. The summed E-state index contributed by atoms with van der Waals surface area (Å²) in [5, 5.41) is 4.51. The van der Waals surface area contributed by atoms with E-state index in [0.29, 0.717) is 10.0 Å². The summed E-state index contributed by atoms with van der Waals surface area (Å²) < 4.78 is 5.75. The van der Waals surface area contributed by atoms with Crippen LogP contribution in [0.25, 0.3) is 11.3 Å². The summed E-state index contributed by atoms with van der Waals surface area (Å²) in [5.41, 5.74) is 0.897. The van der Waals surface area contributed by atoms with Gasteiger partial charge in [-0.3, -0.25) is 0 Å². The second kappa shape index (κ2) is 6.28. The topological polar surface area (TPSA) is 25.2 Å². The first-order chi connectivity index (χ1) is 8.69. The summed E-state index contributed by atoms with van der Waals surface area (Å²) in [6, 6.07) is 9.29. The van der Waals surface area contributed by atoms with Gasteiger partial charge in [0.2, 0.25) is 0 Å². The van der Waals surface area contributed by atoms with Gasteiger partial charge in [-0.05, 0) is 43.3 Å². The molecule has 0 unspecified atom stereocenters. The Morgan fingerprint density at radius 1 is 1.11 bits per heavy atom. The van der Waals surface area contributed by atoms with Crippen LogP contribution in [-0.2, 0) is 6.54 Å². The highest BCUT2D eigenvalue weighted by Crippen LogP contribution is 2.28. The molecule has 1 aromatic carbocycles. The van der Waals surface area contributed by atoms with Gasteiger partial charge in [0.25, 0.3) is 0 Å². The van der Waals surface area contributed by atoms with Crippen LogP contribution in [0, 0.1) is 0 Å². The van der Waals surface area contributed by atoms with Crippen molar-refractivity contribution in [1.29, 1.82) is 0 Å². The standard InChI is InChI=1S/C14H15Cl2NO/c1-2-5-17-9-13-3-4-14(18-13)10-6-11(15)8-12(16)7-10/h3-4,6-8,17H,2,5,9H2,1H3. The fraction of sp³-hybridized carbons (Fsp3) is 0.286. The van der Waals surface area contributed by atoms with E-state index >= 15 is 0 Å². The van der Waals surface area contributed by atoms with E-state index in [1.54, 1.807) is 6.07 Å². The number of rotatable bonds is 5. The van der Waals surface area contributed by atoms with Crippen LogP contribution in [0.2, 0.25) is 10.0 Å². The molecule has 0 aliphatic heterocycles. The lowest BCUT2D eigenvalue weighted by atomic mass is 10.2. The Morgan fingerprint density at radius 2 is 1.83 bits per heavy atom. The van der Waals surface area contributed by atoms with Crippen LogP contribution in [-0.4, -0.2) is 6.54 Å². The number of halogens is 2. The Morgan fingerprint density at radius 3 is 2.50 bits per heavy atom. The third-order valence-electron chi connectivity index (χ3n) is 2.53. The summed E-state index contributed by atoms with van der Waals surface area (Å²) in [4.78, 5) is 0. The maximum atomic E-state index is 5.97. The van der Waals surface area contributed by atoms with E-state index in [-0.39, 0.29) is 0 Å². The zero-order chi connectivity index (χ0) is 13.0. The summed E-state index contributed by atoms with van der Waals surface area (Å²) in [5.74, 6) is 1.70. The maximum Gasteiger partial charge on any atom is 0.134 e. The summed E-state index contributed by atoms with van der Waals surface area (Å²) in [6.45, 7) is 3.86. The van der Waals surface area contributed by atoms with Gasteiger partial charge in [-0.1, -0.05) is 30.1 Å². The monoisotopic (exact) mass is 283 g/mol. The third-order valence-corrected chi connectivity index (χ3v) is 2.97. The normalized spacial score (nSPS) is 10.8. The van der Waals surface area contributed by atoms with Crippen molar-refractivity contribution in [3.8, 4) is 11.3 Å². The molecule has 1 aromatic heterocycles. The fourth-order valence-corrected chi connectivity index (χ4v) is 2.24. The number of hydrogen-bond donors (Lipinski definition) is 1. The number of hydrogen-bond acceptors (Lipinski definition) is 2. The molecule has 1 N–H and O–H groups in total. The van der Waals surface area contributed by atoms with Gasteiger partial charge in [-0.2, -0.15) is 0 Å². The minimum absolute atomic E-state index is 0.611. The molecule has 0 atom stereocenters. The van der Waals surface area contributed by atoms with Crippen LogP contribution in [0.5, 0.6) is 0 Å². The molecular weight excluding hydrogens is 269 g/mol. The molecule has 2 nitrogen and oxygen atoms in total. The predicted molar refractivity (Wildman–Crippen MR) is 76.2 cm³/mol. The van der Waals surface area contributed by atoms with Gasteiger partial charge in [0.05, 0.1) is 6.54 Å². The molecule has 0 saturated heterocycles. The van der Waals surface area contributed by atoms with Gasteiger partial charge in [0, 0.05) is 15.6 Å². The van der Waals surface area contributed by atoms with Gasteiger partial charge in [0.1, 0.15) is 11.5 Å². The van der Waals surface area contributed by atoms with Gasteiger partial charge < -0.3 is 9.73 Å². The smallest absolute Gasteiger partial charge is 0.134 e. The van der Waals surface area contributed by atoms with Crippen molar-refractivity contribution in [2.75, 3.05) is 6.54 Å². The molecule has 0 bridgehead atoms. The predicted octanol–water partition coefficient (Wildman–Crippen LogP) is 4.75. The van der Waals surface area contributed by atoms with E-state index in [0.717, 1.165) is 36.6 Å². The fourth-order valence-electron chi connectivity index (χ4n) is 1.71. The van der Waals surface area contributed by atoms with Crippen molar-refractivity contribution >= 4 is 23.2 Å². The minimum Gasteiger partial charge on any atom is -0.460 e. The molecule has 0 amide bonds. The van der Waals surface area contributed by atoms with E-state index < -0.39 is 0 Å². The highest BCUT2D eigenvalue weighted by molar-refractivity contribution is 6.35. The molecule has 0 saturated carbocycles. The molecule has 4 heteroatoms. The molecule has 1 heterocycles. The molecule has 0 aliphatic rings. The lowest BCUT2D eigenvalue weighted by molar-refractivity contribution is 0.493. The van der Waals surface area contributed by atoms with Crippen molar-refractivity contribution in [1.82, 2.24) is 5.32 Å². The van der Waals surface area contributed by atoms with Gasteiger partial charge in [-0.25, -0.2) is 0 Å². The van der Waals surface area contributed by atoms with Gasteiger partial charge in [0.15, 0.2) is 0 Å². The SMILES string of the molecule is CCCNCc1ccc(-c2cc(Cl)cc(Cl)c2)o1. The first-order valence-corrected chi connectivity index (χ1v) is 6.70. The van der Waals surface area contributed by atoms with Crippen LogP contribution in [0.3, 0.4) is 0 Å². The Labute approximate surface area is 117 Å². The molecule has 0 spiro atoms. The Balaban J connectivity index is 2.13. The molecule has 18 heavy (non-hydrogen) atoms. The van der Waals surface area contributed by atoms with E-state index in [1.165, 1.54) is 0 Å². The molecule has 96 valence electrons. The quantitative estimate of drug-likeness (QED) is 0.801. The van der Waals surface area contributed by atoms with Crippen LogP contribution >= 0.6 is 23.2 Å². The highest BCUT2D eigenvalue weighted by Gasteiger charge is 2.06. The summed E-state index contributed by atoms with van der Waals surface area (Å²) in [7, 11) is 0. The number of furan rings is 1. The largest absolute Gasteiger partial charge is 0.460 e. The summed E-state index contributed by atoms with van der Waals surface area (Å²) in [6.07, 6.45) is 1.11. The zero-order valence-corrected chi connectivity index (χ0v) is 11.7. The maximum absolute atomic E-state index is 5.97. The first-order valence-electron chi connectivity index (χ1n) is 5.95. The number of benzene rings is 1. The van der Waals surface area contributed by atoms with Crippen molar-refractivity contribution < 1.29 is 4.42 Å². The molecular formula is C14H15Cl2NO. The first kappa shape index (κ1) is 13.5. The van der Waals surface area contributed by atoms with E-state index in [9.17, 15) is 0 Å². The molecule has 0 fully saturated rings. The van der Waals surface area contributed by atoms with E-state index in [1.807, 2.05) is 24.3 Å². The highest BCUT2D eigenvalue weighted by atomic mass is 35.5. The molecule has 2 rings (SSSR count). The zero-order valence-electron chi connectivity index (χ0n) is 10.2. The minimum atomic E-state index is 0.611. The summed E-state index contributed by atoms with van der Waals surface area (Å²) >= 11 is 11.9. The van der Waals surface area contributed by atoms with Crippen LogP contribution in [0.1, 0.15) is 19.1 Å². The van der Waals surface area contributed by atoms with Crippen LogP contribution in [0.4, 0.5) is 0 Å². The molecule has 2 aromatic rings. The van der Waals surface area contributed by atoms with Crippen molar-refractivity contribution in [3.05, 3.63) is 46.1 Å². The van der Waals surface area contributed by atoms with E-state index in [4.69, 9.17) is 27.6 Å². The third kappa shape index (κ3) is 3.52. The number of nitrogens with one attached hydrogen (secondary N) is 1. The van der Waals surface area contributed by atoms with Crippen molar-refractivity contribution in [2.24, 2.45) is 0 Å². The van der Waals surface area contributed by atoms with Crippen molar-refractivity contribution in [2.45, 2.75) is 19.9 Å². The molecule has 0 aliphatic carbocycles. The Kier molecular flexibility index (Phi) is 4.70. The van der Waals surface area contributed by atoms with Gasteiger partial charge in [-0.15, -0.1) is 0 Å². The second-order valence-electron chi connectivity index (χ2n) is 4.10. The van der Waals surface area contributed by atoms with Crippen LogP contribution in [0.15, 0.2) is 34.7 Å². The van der Waals surface area contributed by atoms with Crippen molar-refractivity contribution in [3.63, 3.8) is 0 Å². The lowest BCUT2D eigenvalue weighted by Crippen LogP contribution is -2.12. The lowest BCUT2D eigenvalue weighted by Gasteiger charge is -2.01. The van der Waals surface area contributed by atoms with E-state index in [2.05, 4.69) is 12.2 Å².